The summed E-state index contributed by atoms with van der Waals surface area (Å²) in [6, 6.07) is 15.7. The number of hydrogen-bond acceptors (Lipinski definition) is 2. The molecule has 0 aliphatic carbocycles. The van der Waals surface area contributed by atoms with Gasteiger partial charge in [-0.2, -0.15) is 13.2 Å². The maximum atomic E-state index is 13.3. The molecule has 0 bridgehead atoms. The maximum Gasteiger partial charge on any atom is 0.418 e. The molecule has 0 saturated carbocycles. The van der Waals surface area contributed by atoms with E-state index in [2.05, 4.69) is 30.0 Å². The van der Waals surface area contributed by atoms with Gasteiger partial charge in [-0.3, -0.25) is 4.90 Å². The second-order valence-corrected chi connectivity index (χ2v) is 7.05. The fourth-order valence-electron chi connectivity index (χ4n) is 3.67. The zero-order valence-electron chi connectivity index (χ0n) is 15.5. The highest BCUT2D eigenvalue weighted by molar-refractivity contribution is 5.44. The van der Waals surface area contributed by atoms with Crippen LogP contribution in [0.15, 0.2) is 67.0 Å². The van der Waals surface area contributed by atoms with Crippen LogP contribution in [0.1, 0.15) is 28.5 Å². The van der Waals surface area contributed by atoms with Crippen LogP contribution >= 0.6 is 0 Å². The number of ether oxygens (including phenoxy) is 1. The van der Waals surface area contributed by atoms with Crippen molar-refractivity contribution in [3.05, 3.63) is 89.2 Å². The van der Waals surface area contributed by atoms with Crippen molar-refractivity contribution in [2.75, 3.05) is 13.2 Å². The highest BCUT2D eigenvalue weighted by atomic mass is 19.4. The first kappa shape index (κ1) is 18.8. The first-order chi connectivity index (χ1) is 13.4. The van der Waals surface area contributed by atoms with Crippen LogP contribution < -0.4 is 0 Å². The zero-order chi connectivity index (χ0) is 19.7. The van der Waals surface area contributed by atoms with Crippen LogP contribution in [0.4, 0.5) is 13.2 Å². The average molecular weight is 386 g/mol. The average Bonchev–Trinajstić information content (AvgIpc) is 3.30. The van der Waals surface area contributed by atoms with E-state index in [9.17, 15) is 13.2 Å². The molecule has 28 heavy (non-hydrogen) atoms. The van der Waals surface area contributed by atoms with Crippen LogP contribution in [-0.4, -0.2) is 22.6 Å². The molecule has 2 heterocycles. The van der Waals surface area contributed by atoms with Gasteiger partial charge in [-0.15, -0.1) is 0 Å². The SMILES string of the molecule is Cc1cccc(CN2CCOC2c2ccn(-c3ccccc3C(F)(F)F)c2)c1. The van der Waals surface area contributed by atoms with Crippen molar-refractivity contribution in [2.24, 2.45) is 0 Å². The van der Waals surface area contributed by atoms with Gasteiger partial charge in [0.15, 0.2) is 0 Å². The monoisotopic (exact) mass is 386 g/mol. The Hall–Kier alpha value is -2.57. The molecule has 0 amide bonds. The van der Waals surface area contributed by atoms with Crippen LogP contribution in [-0.2, 0) is 17.5 Å². The van der Waals surface area contributed by atoms with E-state index in [1.54, 1.807) is 18.5 Å². The molecule has 4 rings (SSSR count). The first-order valence-electron chi connectivity index (χ1n) is 9.17. The van der Waals surface area contributed by atoms with Gasteiger partial charge in [-0.25, -0.2) is 0 Å². The van der Waals surface area contributed by atoms with Crippen LogP contribution in [0.2, 0.25) is 0 Å². The molecule has 1 unspecified atom stereocenters. The molecule has 6 heteroatoms. The van der Waals surface area contributed by atoms with E-state index < -0.39 is 11.7 Å². The third-order valence-electron chi connectivity index (χ3n) is 4.94. The lowest BCUT2D eigenvalue weighted by atomic mass is 10.1. The summed E-state index contributed by atoms with van der Waals surface area (Å²) in [4.78, 5) is 2.20. The van der Waals surface area contributed by atoms with Crippen molar-refractivity contribution in [1.29, 1.82) is 0 Å². The summed E-state index contributed by atoms with van der Waals surface area (Å²) in [7, 11) is 0. The van der Waals surface area contributed by atoms with Crippen molar-refractivity contribution in [3.63, 3.8) is 0 Å². The van der Waals surface area contributed by atoms with E-state index in [-0.39, 0.29) is 11.9 Å². The van der Waals surface area contributed by atoms with Gasteiger partial charge in [-0.1, -0.05) is 42.0 Å². The van der Waals surface area contributed by atoms with Crippen molar-refractivity contribution in [3.8, 4) is 5.69 Å². The summed E-state index contributed by atoms with van der Waals surface area (Å²) in [6.45, 7) is 4.17. The van der Waals surface area contributed by atoms with Crippen molar-refractivity contribution in [2.45, 2.75) is 25.9 Å². The molecule has 0 radical (unpaired) electrons. The van der Waals surface area contributed by atoms with Crippen LogP contribution in [0.5, 0.6) is 0 Å². The minimum absolute atomic E-state index is 0.115. The fraction of sp³-hybridized carbons (Fsp3) is 0.273. The first-order valence-corrected chi connectivity index (χ1v) is 9.17. The van der Waals surface area contributed by atoms with Crippen molar-refractivity contribution >= 4 is 0 Å². The van der Waals surface area contributed by atoms with E-state index in [1.807, 2.05) is 12.1 Å². The predicted octanol–water partition coefficient (Wildman–Crippen LogP) is 5.34. The van der Waals surface area contributed by atoms with Gasteiger partial charge in [0.1, 0.15) is 6.23 Å². The molecule has 1 fully saturated rings. The number of alkyl halides is 3. The molecule has 1 aromatic heterocycles. The number of hydrogen-bond donors (Lipinski definition) is 0. The number of para-hydroxylation sites is 1. The Labute approximate surface area is 162 Å². The van der Waals surface area contributed by atoms with Gasteiger partial charge >= 0.3 is 6.18 Å². The summed E-state index contributed by atoms with van der Waals surface area (Å²) in [5.41, 5.74) is 2.70. The van der Waals surface area contributed by atoms with Gasteiger partial charge in [-0.05, 0) is 30.7 Å². The molecule has 3 nitrogen and oxygen atoms in total. The van der Waals surface area contributed by atoms with Gasteiger partial charge in [0.25, 0.3) is 0 Å². The molecule has 0 spiro atoms. The number of rotatable bonds is 4. The number of aromatic nitrogens is 1. The minimum Gasteiger partial charge on any atom is -0.357 e. The summed E-state index contributed by atoms with van der Waals surface area (Å²) < 4.78 is 47.4. The lowest BCUT2D eigenvalue weighted by Crippen LogP contribution is -2.23. The highest BCUT2D eigenvalue weighted by Gasteiger charge is 2.34. The molecular formula is C22H21F3N2O. The predicted molar refractivity (Wildman–Crippen MR) is 101 cm³/mol. The second-order valence-electron chi connectivity index (χ2n) is 7.05. The molecule has 146 valence electrons. The molecule has 1 saturated heterocycles. The maximum absolute atomic E-state index is 13.3. The van der Waals surface area contributed by atoms with Crippen LogP contribution in [0, 0.1) is 6.92 Å². The fourth-order valence-corrected chi connectivity index (χ4v) is 3.67. The lowest BCUT2D eigenvalue weighted by molar-refractivity contribution is -0.137. The Morgan fingerprint density at radius 2 is 1.89 bits per heavy atom. The normalized spacial score (nSPS) is 17.9. The Balaban J connectivity index is 1.59. The van der Waals surface area contributed by atoms with E-state index in [4.69, 9.17) is 4.74 Å². The number of aryl methyl sites for hydroxylation is 1. The van der Waals surface area contributed by atoms with Gasteiger partial charge in [0.2, 0.25) is 0 Å². The second kappa shape index (κ2) is 7.45. The van der Waals surface area contributed by atoms with Gasteiger partial charge < -0.3 is 9.30 Å². The van der Waals surface area contributed by atoms with Crippen LogP contribution in [0.3, 0.4) is 0 Å². The largest absolute Gasteiger partial charge is 0.418 e. The summed E-state index contributed by atoms with van der Waals surface area (Å²) in [5.74, 6) is 0. The molecule has 3 aromatic rings. The van der Waals surface area contributed by atoms with E-state index in [0.717, 1.165) is 24.7 Å². The molecule has 1 atom stereocenters. The number of halogens is 3. The summed E-state index contributed by atoms with van der Waals surface area (Å²) >= 11 is 0. The molecule has 0 N–H and O–H groups in total. The van der Waals surface area contributed by atoms with Crippen molar-refractivity contribution < 1.29 is 17.9 Å². The van der Waals surface area contributed by atoms with Crippen molar-refractivity contribution in [1.82, 2.24) is 9.47 Å². The third kappa shape index (κ3) is 3.84. The summed E-state index contributed by atoms with van der Waals surface area (Å²) in [6.07, 6.45) is -1.28. The molecular weight excluding hydrogens is 365 g/mol. The smallest absolute Gasteiger partial charge is 0.357 e. The van der Waals surface area contributed by atoms with E-state index >= 15 is 0 Å². The van der Waals surface area contributed by atoms with Crippen LogP contribution in [0.25, 0.3) is 5.69 Å². The highest BCUT2D eigenvalue weighted by Crippen LogP contribution is 2.35. The Morgan fingerprint density at radius 3 is 2.68 bits per heavy atom. The van der Waals surface area contributed by atoms with E-state index in [1.165, 1.54) is 27.8 Å². The van der Waals surface area contributed by atoms with E-state index in [0.29, 0.717) is 6.61 Å². The molecule has 2 aromatic carbocycles. The Morgan fingerprint density at radius 1 is 1.07 bits per heavy atom. The molecule has 1 aliphatic heterocycles. The van der Waals surface area contributed by atoms with Gasteiger partial charge in [0.05, 0.1) is 17.9 Å². The quantitative estimate of drug-likeness (QED) is 0.603. The lowest BCUT2D eigenvalue weighted by Gasteiger charge is -2.22. The topological polar surface area (TPSA) is 17.4 Å². The summed E-state index contributed by atoms with van der Waals surface area (Å²) in [5, 5.41) is 0. The zero-order valence-corrected chi connectivity index (χ0v) is 15.5. The Bertz CT molecular complexity index is 964. The third-order valence-corrected chi connectivity index (χ3v) is 4.94. The molecule has 1 aliphatic rings. The van der Waals surface area contributed by atoms with Gasteiger partial charge in [0, 0.05) is 31.0 Å². The Kier molecular flexibility index (Phi) is 5.00. The number of nitrogens with zero attached hydrogens (tertiary/aromatic N) is 2. The number of benzene rings is 2. The minimum atomic E-state index is -4.40. The standard InChI is InChI=1S/C22H21F3N2O/c1-16-5-4-6-17(13-16)14-27-11-12-28-21(27)18-9-10-26(15-18)20-8-3-2-7-19(20)22(23,24)25/h2-10,13,15,21H,11-12,14H2,1H3.